The molecule has 7 fully saturated rings. The van der Waals surface area contributed by atoms with Crippen LogP contribution in [0.15, 0.2) is 23.0 Å². The average molecular weight is 759 g/mol. The number of hydrogen-bond acceptors (Lipinski definition) is 16. The maximum Gasteiger partial charge on any atom is 0.308 e. The molecule has 0 unspecified atom stereocenters. The number of furan rings is 1. The lowest BCUT2D eigenvalue weighted by molar-refractivity contribution is -0.471. The van der Waals surface area contributed by atoms with Crippen LogP contribution in [-0.4, -0.2) is 103 Å². The van der Waals surface area contributed by atoms with Gasteiger partial charge < -0.3 is 47.0 Å². The van der Waals surface area contributed by atoms with Crippen molar-refractivity contribution in [2.24, 2.45) is 34.0 Å². The van der Waals surface area contributed by atoms with Crippen molar-refractivity contribution in [1.29, 1.82) is 0 Å². The molecule has 8 rings (SSSR count). The highest BCUT2D eigenvalue weighted by molar-refractivity contribution is 6.01. The van der Waals surface area contributed by atoms with E-state index >= 15 is 0 Å². The number of ether oxygens (including phenoxy) is 9. The molecule has 13 atom stereocenters. The first-order valence-corrected chi connectivity index (χ1v) is 18.3. The lowest BCUT2D eigenvalue weighted by Gasteiger charge is -2.75. The molecule has 0 aromatic carbocycles. The summed E-state index contributed by atoms with van der Waals surface area (Å²) >= 11 is 0. The number of hydrogen-bond donors (Lipinski definition) is 0. The summed E-state index contributed by atoms with van der Waals surface area (Å²) in [6.07, 6.45) is -2.34. The topological polar surface area (TPSA) is 199 Å². The molecule has 7 aliphatic rings. The van der Waals surface area contributed by atoms with E-state index in [4.69, 9.17) is 47.0 Å². The van der Waals surface area contributed by atoms with E-state index in [9.17, 15) is 28.8 Å². The molecule has 4 heterocycles. The molecule has 4 bridgehead atoms. The summed E-state index contributed by atoms with van der Waals surface area (Å²) < 4.78 is 63.6. The van der Waals surface area contributed by atoms with E-state index in [0.29, 0.717) is 0 Å². The van der Waals surface area contributed by atoms with Gasteiger partial charge in [0.2, 0.25) is 5.60 Å². The van der Waals surface area contributed by atoms with Crippen molar-refractivity contribution in [3.63, 3.8) is 0 Å². The van der Waals surface area contributed by atoms with E-state index < -0.39 is 123 Å². The number of Topliss-reactive ketones (excluding diaryl/α,β-unsaturated/α-hetero) is 1. The minimum Gasteiger partial charge on any atom is -0.472 e. The minimum atomic E-state index is -2.22. The maximum absolute atomic E-state index is 14.9. The molecule has 1 aromatic heterocycles. The third kappa shape index (κ3) is 3.83. The smallest absolute Gasteiger partial charge is 0.308 e. The van der Waals surface area contributed by atoms with Crippen LogP contribution in [0.4, 0.5) is 0 Å². The SMILES string of the molecule is COC(=O)C[C@H]1[C@@]2(C)C[C@]34O[C@]5(C)O[C@@]6([C@H](OC(C)=O)[C@@]3(OC(C)=O)[C@H]2OC(=O)C(C)C)[C@H](CC(=O)OC)[C@](C)(C(=O)c2ccoc2)C[C@H]2OC[C@@]14[C@@]26O5. The Morgan fingerprint density at radius 1 is 0.870 bits per heavy atom. The molecule has 4 saturated carbocycles. The first-order valence-electron chi connectivity index (χ1n) is 18.3. The highest BCUT2D eigenvalue weighted by Gasteiger charge is 3.08. The molecule has 3 saturated heterocycles. The van der Waals surface area contributed by atoms with Crippen LogP contribution in [0.3, 0.4) is 0 Å². The fourth-order valence-corrected chi connectivity index (χ4v) is 12.9. The predicted molar refractivity (Wildman–Crippen MR) is 176 cm³/mol. The van der Waals surface area contributed by atoms with Crippen LogP contribution < -0.4 is 0 Å². The van der Waals surface area contributed by atoms with Gasteiger partial charge in [-0.05, 0) is 24.8 Å². The Balaban J connectivity index is 1.54. The van der Waals surface area contributed by atoms with Crippen molar-refractivity contribution in [3.8, 4) is 0 Å². The molecular formula is C38H46O16. The fraction of sp³-hybridized carbons (Fsp3) is 0.737. The van der Waals surface area contributed by atoms with Gasteiger partial charge in [-0.1, -0.05) is 27.7 Å². The van der Waals surface area contributed by atoms with Crippen LogP contribution in [0.5, 0.6) is 0 Å². The largest absolute Gasteiger partial charge is 0.472 e. The maximum atomic E-state index is 14.9. The number of ketones is 1. The highest BCUT2D eigenvalue weighted by Crippen LogP contribution is 2.91. The second-order valence-corrected chi connectivity index (χ2v) is 17.0. The lowest BCUT2D eigenvalue weighted by Crippen LogP contribution is -2.95. The zero-order chi connectivity index (χ0) is 39.2. The molecule has 16 heteroatoms. The van der Waals surface area contributed by atoms with Crippen molar-refractivity contribution in [1.82, 2.24) is 0 Å². The average Bonchev–Trinajstić information content (AvgIpc) is 3.86. The first-order chi connectivity index (χ1) is 25.3. The van der Waals surface area contributed by atoms with Gasteiger partial charge in [-0.2, -0.15) is 0 Å². The Morgan fingerprint density at radius 2 is 1.54 bits per heavy atom. The van der Waals surface area contributed by atoms with E-state index in [-0.39, 0.29) is 31.4 Å². The Hall–Kier alpha value is -3.86. The summed E-state index contributed by atoms with van der Waals surface area (Å²) in [6.45, 7) is 10.4. The van der Waals surface area contributed by atoms with Crippen molar-refractivity contribution in [2.75, 3.05) is 20.8 Å². The van der Waals surface area contributed by atoms with E-state index in [0.717, 1.165) is 6.92 Å². The van der Waals surface area contributed by atoms with Crippen LogP contribution in [0.1, 0.15) is 84.5 Å². The van der Waals surface area contributed by atoms with Crippen LogP contribution in [0.25, 0.3) is 0 Å². The third-order valence-corrected chi connectivity index (χ3v) is 14.1. The van der Waals surface area contributed by atoms with Gasteiger partial charge in [-0.15, -0.1) is 0 Å². The van der Waals surface area contributed by atoms with Crippen LogP contribution in [-0.2, 0) is 66.6 Å². The quantitative estimate of drug-likeness (QED) is 0.192. The van der Waals surface area contributed by atoms with Gasteiger partial charge >= 0.3 is 29.8 Å². The van der Waals surface area contributed by atoms with E-state index in [2.05, 4.69) is 0 Å². The molecule has 54 heavy (non-hydrogen) atoms. The molecule has 3 spiro atoms. The summed E-state index contributed by atoms with van der Waals surface area (Å²) in [5, 5.41) is 0. The van der Waals surface area contributed by atoms with Gasteiger partial charge in [-0.3, -0.25) is 28.8 Å². The van der Waals surface area contributed by atoms with Crippen LogP contribution in [0, 0.1) is 34.0 Å². The van der Waals surface area contributed by atoms with Crippen molar-refractivity contribution < 1.29 is 75.8 Å². The van der Waals surface area contributed by atoms with Gasteiger partial charge in [0, 0.05) is 43.9 Å². The lowest BCUT2D eigenvalue weighted by atomic mass is 9.33. The Bertz CT molecular complexity index is 1860. The van der Waals surface area contributed by atoms with E-state index in [1.54, 1.807) is 20.8 Å². The Labute approximate surface area is 311 Å². The van der Waals surface area contributed by atoms with Crippen LogP contribution in [0.2, 0.25) is 0 Å². The molecule has 4 aliphatic carbocycles. The molecule has 3 aliphatic heterocycles. The molecule has 294 valence electrons. The van der Waals surface area contributed by atoms with Crippen molar-refractivity contribution in [3.05, 3.63) is 24.2 Å². The fourth-order valence-electron chi connectivity index (χ4n) is 12.9. The standard InChI is InChI=1S/C38H46O16/c1-18(2)28(44)50-29-32(6)16-35-34(22(32)12-25(41)45-8)17-48-24-14-31(5,27(43)21-10-11-47-15-21)23(13-26(42)46-9)36(38(24,34)54-33(7,52-35)53-36)30(49-19(3)39)37(29,35)51-20(4)40/h10-11,15,18,22-24,29-30H,12-14,16-17H2,1-9H3/t22-,23+,24+,29-,30-,31+,32+,33+,34+,35+,36+,37-,38-/m0/s1. The van der Waals surface area contributed by atoms with Gasteiger partial charge in [0.15, 0.2) is 23.6 Å². The number of fused-ring (bicyclic) bond motifs is 2. The number of methoxy groups -OCH3 is 2. The van der Waals surface area contributed by atoms with Crippen molar-refractivity contribution >= 4 is 35.6 Å². The van der Waals surface area contributed by atoms with Gasteiger partial charge in [-0.25, -0.2) is 0 Å². The van der Waals surface area contributed by atoms with Gasteiger partial charge in [0.25, 0.3) is 5.97 Å². The summed E-state index contributed by atoms with van der Waals surface area (Å²) in [5.41, 5.74) is -12.0. The molecule has 0 N–H and O–H groups in total. The van der Waals surface area contributed by atoms with Crippen molar-refractivity contribution in [2.45, 2.75) is 121 Å². The molecule has 1 aromatic rings. The van der Waals surface area contributed by atoms with Gasteiger partial charge in [0.05, 0.1) is 56.5 Å². The number of carbonyl (C=O) groups excluding carboxylic acids is 6. The zero-order valence-electron chi connectivity index (χ0n) is 31.8. The normalized spacial score (nSPS) is 46.9. The number of rotatable bonds is 10. The third-order valence-electron chi connectivity index (χ3n) is 14.1. The zero-order valence-corrected chi connectivity index (χ0v) is 31.8. The summed E-state index contributed by atoms with van der Waals surface area (Å²) in [7, 11) is 2.46. The second-order valence-electron chi connectivity index (χ2n) is 17.0. The second kappa shape index (κ2) is 11.1. The highest BCUT2D eigenvalue weighted by atomic mass is 16.9. The van der Waals surface area contributed by atoms with Crippen LogP contribution >= 0.6 is 0 Å². The summed E-state index contributed by atoms with van der Waals surface area (Å²) in [6, 6.07) is 1.49. The molecule has 16 nitrogen and oxygen atoms in total. The minimum absolute atomic E-state index is 0.00581. The monoisotopic (exact) mass is 758 g/mol. The first kappa shape index (κ1) is 37.1. The summed E-state index contributed by atoms with van der Waals surface area (Å²) in [5.74, 6) is -8.94. The summed E-state index contributed by atoms with van der Waals surface area (Å²) in [4.78, 5) is 83.4. The molecular weight excluding hydrogens is 712 g/mol. The Morgan fingerprint density at radius 3 is 2.11 bits per heavy atom. The van der Waals surface area contributed by atoms with E-state index in [1.165, 1.54) is 46.7 Å². The number of carbonyl (C=O) groups is 6. The molecule has 0 radical (unpaired) electrons. The molecule has 0 amide bonds. The van der Waals surface area contributed by atoms with E-state index in [1.807, 2.05) is 6.92 Å². The number of esters is 5. The van der Waals surface area contributed by atoms with Gasteiger partial charge in [0.1, 0.15) is 17.5 Å². The predicted octanol–water partition coefficient (Wildman–Crippen LogP) is 2.82. The Kier molecular flexibility index (Phi) is 7.65.